The van der Waals surface area contributed by atoms with E-state index in [0.29, 0.717) is 17.8 Å². The summed E-state index contributed by atoms with van der Waals surface area (Å²) in [5, 5.41) is 12.4. The molecule has 0 fully saturated rings. The van der Waals surface area contributed by atoms with Crippen molar-refractivity contribution in [1.29, 1.82) is 0 Å². The summed E-state index contributed by atoms with van der Waals surface area (Å²) in [6.45, 7) is 18.1. The normalized spacial score (nSPS) is 18.2. The van der Waals surface area contributed by atoms with Crippen molar-refractivity contribution in [3.05, 3.63) is 87.0 Å². The molecule has 8 bridgehead atoms. The highest BCUT2D eigenvalue weighted by molar-refractivity contribution is 6.27. The molecule has 4 aliphatic heterocycles. The average molecular weight is 619 g/mol. The molecule has 5 heterocycles. The molecule has 244 valence electrons. The third-order valence-electron chi connectivity index (χ3n) is 10.7. The van der Waals surface area contributed by atoms with E-state index in [-0.39, 0.29) is 5.92 Å². The zero-order valence-corrected chi connectivity index (χ0v) is 29.4. The van der Waals surface area contributed by atoms with Crippen LogP contribution in [0.1, 0.15) is 112 Å². The van der Waals surface area contributed by atoms with E-state index in [4.69, 9.17) is 15.0 Å². The molecule has 46 heavy (non-hydrogen) atoms. The summed E-state index contributed by atoms with van der Waals surface area (Å²) in [4.78, 5) is 20.1. The second-order valence-corrected chi connectivity index (χ2v) is 13.0. The second-order valence-electron chi connectivity index (χ2n) is 13.0. The predicted octanol–water partition coefficient (Wildman–Crippen LogP) is 9.47. The summed E-state index contributed by atoms with van der Waals surface area (Å²) in [5.74, 6) is 1.30. The minimum absolute atomic E-state index is 0.282. The van der Waals surface area contributed by atoms with Crippen LogP contribution in [0.15, 0.2) is 85.7 Å². The Balaban J connectivity index is 1.97. The van der Waals surface area contributed by atoms with Crippen LogP contribution in [0.2, 0.25) is 0 Å². The third-order valence-corrected chi connectivity index (χ3v) is 10.7. The summed E-state index contributed by atoms with van der Waals surface area (Å²) in [6.07, 6.45) is 22.6. The fraction of sp³-hybridized carbons (Fsp3) is 0.488. The van der Waals surface area contributed by atoms with E-state index in [9.17, 15) is 5.11 Å². The first-order valence-corrected chi connectivity index (χ1v) is 18.0. The number of aliphatic hydroxyl groups excluding tert-OH is 1. The molecule has 1 aromatic rings. The number of aliphatic imine (C=N–C) groups is 3. The summed E-state index contributed by atoms with van der Waals surface area (Å²) >= 11 is 0. The van der Waals surface area contributed by atoms with E-state index >= 15 is 0 Å². The van der Waals surface area contributed by atoms with Crippen molar-refractivity contribution in [3.8, 4) is 0 Å². The lowest BCUT2D eigenvalue weighted by atomic mass is 9.88. The molecule has 5 nitrogen and oxygen atoms in total. The van der Waals surface area contributed by atoms with Crippen LogP contribution in [-0.4, -0.2) is 27.2 Å². The van der Waals surface area contributed by atoms with Crippen molar-refractivity contribution in [2.75, 3.05) is 0 Å². The molecular weight excluding hydrogens is 564 g/mol. The van der Waals surface area contributed by atoms with Crippen molar-refractivity contribution >= 4 is 34.5 Å². The highest BCUT2D eigenvalue weighted by atomic mass is 16.2. The Hall–Kier alpha value is -3.73. The summed E-state index contributed by atoms with van der Waals surface area (Å²) < 4.78 is 0. The average Bonchev–Trinajstić information content (AvgIpc) is 3.91. The summed E-state index contributed by atoms with van der Waals surface area (Å²) in [6, 6.07) is 2.12. The smallest absolute Gasteiger partial charge is 0.0885 e. The molecule has 0 amide bonds. The Morgan fingerprint density at radius 2 is 0.870 bits per heavy atom. The van der Waals surface area contributed by atoms with Gasteiger partial charge in [0.25, 0.3) is 0 Å². The van der Waals surface area contributed by atoms with Gasteiger partial charge in [-0.05, 0) is 118 Å². The van der Waals surface area contributed by atoms with Gasteiger partial charge in [-0.25, -0.2) is 15.0 Å². The minimum atomic E-state index is 0.282. The number of fused-ring (bicyclic) bond motifs is 5. The zero-order valence-electron chi connectivity index (χ0n) is 29.4. The van der Waals surface area contributed by atoms with E-state index in [2.05, 4.69) is 103 Å². The molecule has 0 radical (unpaired) electrons. The van der Waals surface area contributed by atoms with Gasteiger partial charge in [0.15, 0.2) is 0 Å². The number of aromatic amines is 1. The van der Waals surface area contributed by atoms with E-state index < -0.39 is 0 Å². The first-order valence-electron chi connectivity index (χ1n) is 18.0. The number of aliphatic hydroxyl groups is 1. The highest BCUT2D eigenvalue weighted by Crippen LogP contribution is 2.38. The Labute approximate surface area is 276 Å². The number of rotatable bonds is 12. The van der Waals surface area contributed by atoms with Crippen LogP contribution in [-0.2, 0) is 0 Å². The molecule has 5 rings (SSSR count). The summed E-state index contributed by atoms with van der Waals surface area (Å²) in [5.41, 5.74) is 11.9. The number of nitrogens with one attached hydrogen (secondary N) is 1. The quantitative estimate of drug-likeness (QED) is 0.241. The molecule has 0 unspecified atom stereocenters. The van der Waals surface area contributed by atoms with Crippen molar-refractivity contribution in [3.63, 3.8) is 0 Å². The number of allylic oxidation sites excluding steroid dienone is 9. The van der Waals surface area contributed by atoms with Crippen LogP contribution in [0.4, 0.5) is 0 Å². The van der Waals surface area contributed by atoms with Gasteiger partial charge < -0.3 is 10.1 Å². The van der Waals surface area contributed by atoms with Crippen molar-refractivity contribution in [2.24, 2.45) is 38.6 Å². The molecule has 0 saturated carbocycles. The lowest BCUT2D eigenvalue weighted by Crippen LogP contribution is -2.31. The Morgan fingerprint density at radius 3 is 1.26 bits per heavy atom. The molecule has 0 spiro atoms. The molecule has 0 aromatic carbocycles. The maximum absolute atomic E-state index is 10.7. The van der Waals surface area contributed by atoms with Gasteiger partial charge in [0.05, 0.1) is 45.8 Å². The number of aromatic nitrogens is 1. The third kappa shape index (κ3) is 6.06. The van der Waals surface area contributed by atoms with Crippen LogP contribution in [0.5, 0.6) is 0 Å². The monoisotopic (exact) mass is 618 g/mol. The number of H-pyrrole nitrogens is 1. The molecule has 5 heteroatoms. The van der Waals surface area contributed by atoms with Crippen LogP contribution in [0.3, 0.4) is 0 Å². The largest absolute Gasteiger partial charge is 0.515 e. The SMILES string of the molecule is CCC(CC)C1=C2C=CC(=N2)C(C(CC)CC)=C2C=CC(=N2)C(C(CC)CC)=c2[nH]c(c/c2=C\O)C(C(CC)CC)=C2C=CC1=N2. The molecular formula is C41H54N4O. The zero-order chi connectivity index (χ0) is 33.0. The molecule has 2 N–H and O–H groups in total. The number of nitrogens with zero attached hydrogens (tertiary/aromatic N) is 3. The Morgan fingerprint density at radius 1 is 0.522 bits per heavy atom. The Kier molecular flexibility index (Phi) is 10.8. The molecule has 0 atom stereocenters. The fourth-order valence-electron chi connectivity index (χ4n) is 7.92. The second kappa shape index (κ2) is 14.8. The van der Waals surface area contributed by atoms with E-state index in [1.54, 1.807) is 0 Å². The van der Waals surface area contributed by atoms with E-state index in [1.807, 2.05) is 0 Å². The Bertz CT molecular complexity index is 1730. The lowest BCUT2D eigenvalue weighted by molar-refractivity contribution is 0.539. The maximum atomic E-state index is 10.7. The minimum Gasteiger partial charge on any atom is -0.515 e. The maximum Gasteiger partial charge on any atom is 0.0885 e. The summed E-state index contributed by atoms with van der Waals surface area (Å²) in [7, 11) is 0. The van der Waals surface area contributed by atoms with Gasteiger partial charge in [0.1, 0.15) is 0 Å². The molecule has 0 aliphatic carbocycles. The van der Waals surface area contributed by atoms with Gasteiger partial charge in [-0.2, -0.15) is 0 Å². The standard InChI is InChI=1S/C41H54N4O/c1-9-25(10-2)37-30-17-18-31(42-30)38(26(11-3)12-4)33-21-22-35(44-33)40(28(15-7)16-8)41-29(24-46)23-36(45-41)39(27(13-5)14-6)34-20-19-32(37)43-34/h17-28,45-46H,9-16H2,1-8H3/b29-24+,37-30?,38-33?,39-34?,41-40?. The van der Waals surface area contributed by atoms with E-state index in [0.717, 1.165) is 102 Å². The van der Waals surface area contributed by atoms with E-state index in [1.165, 1.54) is 28.6 Å². The lowest BCUT2D eigenvalue weighted by Gasteiger charge is -2.20. The van der Waals surface area contributed by atoms with Crippen molar-refractivity contribution < 1.29 is 5.11 Å². The van der Waals surface area contributed by atoms with Crippen LogP contribution in [0.25, 0.3) is 17.4 Å². The van der Waals surface area contributed by atoms with Crippen molar-refractivity contribution in [1.82, 2.24) is 4.98 Å². The van der Waals surface area contributed by atoms with Gasteiger partial charge in [0, 0.05) is 33.2 Å². The number of hydrogen-bond donors (Lipinski definition) is 2. The van der Waals surface area contributed by atoms with Gasteiger partial charge >= 0.3 is 0 Å². The fourth-order valence-corrected chi connectivity index (χ4v) is 7.92. The van der Waals surface area contributed by atoms with Gasteiger partial charge in [-0.15, -0.1) is 0 Å². The first-order chi connectivity index (χ1) is 22.4. The van der Waals surface area contributed by atoms with Gasteiger partial charge in [-0.1, -0.05) is 55.4 Å². The first kappa shape index (κ1) is 33.6. The molecule has 0 saturated heterocycles. The molecule has 4 aliphatic rings. The molecule has 1 aromatic heterocycles. The topological polar surface area (TPSA) is 73.1 Å². The van der Waals surface area contributed by atoms with Crippen LogP contribution < -0.4 is 10.6 Å². The van der Waals surface area contributed by atoms with Crippen molar-refractivity contribution in [2.45, 2.75) is 107 Å². The van der Waals surface area contributed by atoms with Crippen LogP contribution in [0, 0.1) is 23.7 Å². The highest BCUT2D eigenvalue weighted by Gasteiger charge is 2.30. The predicted molar refractivity (Wildman–Crippen MR) is 198 cm³/mol. The van der Waals surface area contributed by atoms with Crippen LogP contribution >= 0.6 is 0 Å². The number of hydrogen-bond acceptors (Lipinski definition) is 4. The van der Waals surface area contributed by atoms with Gasteiger partial charge in [0.2, 0.25) is 0 Å². The van der Waals surface area contributed by atoms with Gasteiger partial charge in [-0.3, -0.25) is 0 Å².